The second-order valence-electron chi connectivity index (χ2n) is 3.63. The Morgan fingerprint density at radius 1 is 1.31 bits per heavy atom. The number of rotatable bonds is 1. The van der Waals surface area contributed by atoms with Crippen molar-refractivity contribution < 1.29 is 0 Å². The summed E-state index contributed by atoms with van der Waals surface area (Å²) in [5.74, 6) is 0. The smallest absolute Gasteiger partial charge is 0.0907 e. The average Bonchev–Trinajstić information content (AvgIpc) is 2.24. The van der Waals surface area contributed by atoms with Gasteiger partial charge in [-0.2, -0.15) is 0 Å². The van der Waals surface area contributed by atoms with Gasteiger partial charge in [0.15, 0.2) is 0 Å². The molecule has 16 heavy (non-hydrogen) atoms. The van der Waals surface area contributed by atoms with E-state index in [9.17, 15) is 0 Å². The van der Waals surface area contributed by atoms with Crippen molar-refractivity contribution in [2.75, 3.05) is 0 Å². The third-order valence-electron chi connectivity index (χ3n) is 2.61. The lowest BCUT2D eigenvalue weighted by atomic mass is 10.1. The van der Waals surface area contributed by atoms with Crippen LogP contribution in [0.3, 0.4) is 0 Å². The molecule has 0 fully saturated rings. The van der Waals surface area contributed by atoms with Crippen LogP contribution in [0.2, 0.25) is 10.0 Å². The molecule has 1 aromatic carbocycles. The van der Waals surface area contributed by atoms with Gasteiger partial charge in [0.1, 0.15) is 0 Å². The summed E-state index contributed by atoms with van der Waals surface area (Å²) in [4.78, 5) is 4.56. The van der Waals surface area contributed by atoms with E-state index < -0.39 is 0 Å². The van der Waals surface area contributed by atoms with Crippen molar-refractivity contribution in [2.45, 2.75) is 20.3 Å². The Bertz CT molecular complexity index is 567. The third kappa shape index (κ3) is 1.94. The van der Waals surface area contributed by atoms with E-state index in [1.54, 1.807) is 0 Å². The van der Waals surface area contributed by atoms with Crippen LogP contribution in [0.25, 0.3) is 10.9 Å². The Labute approximate surface area is 113 Å². The fraction of sp³-hybridized carbons (Fsp3) is 0.250. The van der Waals surface area contributed by atoms with Crippen LogP contribution in [-0.4, -0.2) is 4.98 Å². The van der Waals surface area contributed by atoms with Gasteiger partial charge in [0.25, 0.3) is 0 Å². The lowest BCUT2D eigenvalue weighted by Gasteiger charge is -2.10. The fourth-order valence-electron chi connectivity index (χ4n) is 1.74. The summed E-state index contributed by atoms with van der Waals surface area (Å²) in [5, 5.41) is 2.27. The molecule has 2 aromatic rings. The van der Waals surface area contributed by atoms with Crippen LogP contribution in [0.4, 0.5) is 0 Å². The number of aromatic nitrogens is 1. The highest BCUT2D eigenvalue weighted by Gasteiger charge is 2.12. The zero-order chi connectivity index (χ0) is 11.9. The summed E-state index contributed by atoms with van der Waals surface area (Å²) >= 11 is 15.9. The molecule has 0 aliphatic rings. The number of pyridine rings is 1. The van der Waals surface area contributed by atoms with E-state index in [1.807, 2.05) is 19.1 Å². The Morgan fingerprint density at radius 3 is 2.62 bits per heavy atom. The first kappa shape index (κ1) is 12.2. The molecular weight excluding hydrogens is 309 g/mol. The molecule has 1 aromatic heterocycles. The van der Waals surface area contributed by atoms with Crippen LogP contribution in [-0.2, 0) is 6.42 Å². The zero-order valence-electron chi connectivity index (χ0n) is 8.94. The SMILES string of the molecule is CCc1nc2c(Cl)cc(Br)cc2c(Cl)c1C. The van der Waals surface area contributed by atoms with Gasteiger partial charge in [-0.05, 0) is 31.0 Å². The second kappa shape index (κ2) is 4.52. The highest BCUT2D eigenvalue weighted by Crippen LogP contribution is 2.34. The number of nitrogens with zero attached hydrogens (tertiary/aromatic N) is 1. The van der Waals surface area contributed by atoms with Gasteiger partial charge < -0.3 is 0 Å². The van der Waals surface area contributed by atoms with Crippen LogP contribution in [0, 0.1) is 6.92 Å². The van der Waals surface area contributed by atoms with Gasteiger partial charge in [0.2, 0.25) is 0 Å². The van der Waals surface area contributed by atoms with Gasteiger partial charge in [-0.3, -0.25) is 4.98 Å². The first-order chi connectivity index (χ1) is 7.54. The van der Waals surface area contributed by atoms with Crippen LogP contribution < -0.4 is 0 Å². The summed E-state index contributed by atoms with van der Waals surface area (Å²) in [6.07, 6.45) is 0.855. The highest BCUT2D eigenvalue weighted by atomic mass is 79.9. The summed E-state index contributed by atoms with van der Waals surface area (Å²) in [6, 6.07) is 3.78. The van der Waals surface area contributed by atoms with Crippen LogP contribution in [0.15, 0.2) is 16.6 Å². The normalized spacial score (nSPS) is 11.1. The largest absolute Gasteiger partial charge is 0.251 e. The van der Waals surface area contributed by atoms with Gasteiger partial charge in [-0.15, -0.1) is 0 Å². The maximum absolute atomic E-state index is 6.33. The van der Waals surface area contributed by atoms with Crippen molar-refractivity contribution in [3.05, 3.63) is 37.9 Å². The van der Waals surface area contributed by atoms with E-state index >= 15 is 0 Å². The van der Waals surface area contributed by atoms with Gasteiger partial charge in [0.05, 0.1) is 15.6 Å². The second-order valence-corrected chi connectivity index (χ2v) is 5.34. The molecular formula is C12H10BrCl2N. The van der Waals surface area contributed by atoms with E-state index in [4.69, 9.17) is 23.2 Å². The van der Waals surface area contributed by atoms with Crippen molar-refractivity contribution in [2.24, 2.45) is 0 Å². The average molecular weight is 319 g/mol. The summed E-state index contributed by atoms with van der Waals surface area (Å²) in [7, 11) is 0. The number of hydrogen-bond acceptors (Lipinski definition) is 1. The molecule has 0 aliphatic carbocycles. The Hall–Kier alpha value is -0.310. The molecule has 2 rings (SSSR count). The molecule has 1 heterocycles. The van der Waals surface area contributed by atoms with Crippen molar-refractivity contribution in [1.29, 1.82) is 0 Å². The van der Waals surface area contributed by atoms with Crippen molar-refractivity contribution >= 4 is 50.0 Å². The summed E-state index contributed by atoms with van der Waals surface area (Å²) in [6.45, 7) is 4.05. The van der Waals surface area contributed by atoms with E-state index in [1.165, 1.54) is 0 Å². The minimum absolute atomic E-state index is 0.626. The first-order valence-electron chi connectivity index (χ1n) is 4.98. The lowest BCUT2D eigenvalue weighted by Crippen LogP contribution is -1.95. The molecule has 4 heteroatoms. The molecule has 0 unspecified atom stereocenters. The highest BCUT2D eigenvalue weighted by molar-refractivity contribution is 9.10. The maximum atomic E-state index is 6.33. The zero-order valence-corrected chi connectivity index (χ0v) is 12.0. The van der Waals surface area contributed by atoms with Crippen molar-refractivity contribution in [1.82, 2.24) is 4.98 Å². The predicted octanol–water partition coefficient (Wildman–Crippen LogP) is 5.17. The first-order valence-corrected chi connectivity index (χ1v) is 6.53. The molecule has 0 saturated heterocycles. The van der Waals surface area contributed by atoms with E-state index in [0.717, 1.165) is 38.1 Å². The number of hydrogen-bond donors (Lipinski definition) is 0. The number of aryl methyl sites for hydroxylation is 1. The molecule has 0 spiro atoms. The third-order valence-corrected chi connectivity index (χ3v) is 3.84. The van der Waals surface area contributed by atoms with Crippen molar-refractivity contribution in [3.63, 3.8) is 0 Å². The standard InChI is InChI=1S/C12H10BrCl2N/c1-3-10-6(2)11(15)8-4-7(13)5-9(14)12(8)16-10/h4-5H,3H2,1-2H3. The van der Waals surface area contributed by atoms with E-state index in [-0.39, 0.29) is 0 Å². The quantitative estimate of drug-likeness (QED) is 0.706. The van der Waals surface area contributed by atoms with E-state index in [2.05, 4.69) is 27.8 Å². The number of fused-ring (bicyclic) bond motifs is 1. The molecule has 0 saturated carbocycles. The van der Waals surface area contributed by atoms with Crippen LogP contribution in [0.1, 0.15) is 18.2 Å². The van der Waals surface area contributed by atoms with Gasteiger partial charge in [-0.25, -0.2) is 0 Å². The monoisotopic (exact) mass is 317 g/mol. The number of benzene rings is 1. The molecule has 0 amide bonds. The Kier molecular flexibility index (Phi) is 3.43. The molecule has 0 aliphatic heterocycles. The molecule has 0 bridgehead atoms. The Balaban J connectivity index is 2.92. The van der Waals surface area contributed by atoms with Crippen molar-refractivity contribution in [3.8, 4) is 0 Å². The minimum Gasteiger partial charge on any atom is -0.251 e. The summed E-state index contributed by atoms with van der Waals surface area (Å²) in [5.41, 5.74) is 2.81. The topological polar surface area (TPSA) is 12.9 Å². The van der Waals surface area contributed by atoms with Gasteiger partial charge >= 0.3 is 0 Å². The summed E-state index contributed by atoms with van der Waals surface area (Å²) < 4.78 is 0.914. The molecule has 1 nitrogen and oxygen atoms in total. The molecule has 0 atom stereocenters. The molecule has 0 N–H and O–H groups in total. The Morgan fingerprint density at radius 2 is 2.00 bits per heavy atom. The van der Waals surface area contributed by atoms with Gasteiger partial charge in [-0.1, -0.05) is 46.1 Å². The van der Waals surface area contributed by atoms with E-state index in [0.29, 0.717) is 5.02 Å². The maximum Gasteiger partial charge on any atom is 0.0907 e. The fourth-order valence-corrected chi connectivity index (χ4v) is 2.84. The molecule has 0 radical (unpaired) electrons. The minimum atomic E-state index is 0.626. The van der Waals surface area contributed by atoms with Crippen LogP contribution in [0.5, 0.6) is 0 Å². The molecule has 84 valence electrons. The van der Waals surface area contributed by atoms with Gasteiger partial charge in [0, 0.05) is 15.6 Å². The predicted molar refractivity (Wildman–Crippen MR) is 73.6 cm³/mol. The lowest BCUT2D eigenvalue weighted by molar-refractivity contribution is 1.03. The van der Waals surface area contributed by atoms with Crippen LogP contribution >= 0.6 is 39.1 Å². The number of halogens is 3.